The van der Waals surface area contributed by atoms with Crippen LogP contribution in [0.15, 0.2) is 12.1 Å². The van der Waals surface area contributed by atoms with E-state index in [1.54, 1.807) is 0 Å². The van der Waals surface area contributed by atoms with Gasteiger partial charge in [0.2, 0.25) is 0 Å². The zero-order chi connectivity index (χ0) is 11.5. The van der Waals surface area contributed by atoms with E-state index in [0.717, 1.165) is 30.3 Å². The van der Waals surface area contributed by atoms with Gasteiger partial charge in [-0.15, -0.1) is 0 Å². The molecular weight excluding hydrogens is 222 g/mol. The molecule has 0 radical (unpaired) electrons. The quantitative estimate of drug-likeness (QED) is 0.858. The average Bonchev–Trinajstić information content (AvgIpc) is 3.00. The lowest BCUT2D eigenvalue weighted by Crippen LogP contribution is -2.05. The van der Waals surface area contributed by atoms with Gasteiger partial charge in [-0.1, -0.05) is 17.7 Å². The van der Waals surface area contributed by atoms with Crippen molar-refractivity contribution in [3.8, 4) is 5.75 Å². The van der Waals surface area contributed by atoms with Gasteiger partial charge >= 0.3 is 0 Å². The molecule has 0 heterocycles. The fourth-order valence-corrected chi connectivity index (χ4v) is 2.13. The molecule has 0 bridgehead atoms. The zero-order valence-corrected chi connectivity index (χ0v) is 10.4. The van der Waals surface area contributed by atoms with Crippen molar-refractivity contribution in [2.75, 3.05) is 13.2 Å². The predicted molar refractivity (Wildman–Crippen MR) is 67.2 cm³/mol. The average molecular weight is 240 g/mol. The highest BCUT2D eigenvalue weighted by Gasteiger charge is 2.22. The third-order valence-electron chi connectivity index (χ3n) is 2.88. The first kappa shape index (κ1) is 11.7. The lowest BCUT2D eigenvalue weighted by atomic mass is 10.1. The van der Waals surface area contributed by atoms with E-state index in [4.69, 9.17) is 22.1 Å². The summed E-state index contributed by atoms with van der Waals surface area (Å²) in [5.74, 6) is 1.59. The van der Waals surface area contributed by atoms with Crippen LogP contribution in [-0.2, 0) is 6.42 Å². The minimum Gasteiger partial charge on any atom is -0.491 e. The number of hydrogen-bond donors (Lipinski definition) is 1. The summed E-state index contributed by atoms with van der Waals surface area (Å²) in [6.07, 6.45) is 3.45. The normalized spacial score (nSPS) is 15.2. The Labute approximate surface area is 102 Å². The van der Waals surface area contributed by atoms with Gasteiger partial charge in [0.25, 0.3) is 0 Å². The summed E-state index contributed by atoms with van der Waals surface area (Å²) in [7, 11) is 0. The lowest BCUT2D eigenvalue weighted by molar-refractivity contribution is 0.298. The molecule has 1 saturated carbocycles. The molecule has 2 nitrogen and oxygen atoms in total. The van der Waals surface area contributed by atoms with Gasteiger partial charge in [0.05, 0.1) is 11.6 Å². The van der Waals surface area contributed by atoms with E-state index in [9.17, 15) is 0 Å². The Hall–Kier alpha value is -0.730. The first-order valence-corrected chi connectivity index (χ1v) is 6.20. The molecule has 0 spiro atoms. The molecule has 1 aromatic carbocycles. The highest BCUT2D eigenvalue weighted by molar-refractivity contribution is 6.32. The van der Waals surface area contributed by atoms with Gasteiger partial charge in [-0.05, 0) is 55.8 Å². The molecule has 1 aliphatic rings. The molecule has 0 aromatic heterocycles. The van der Waals surface area contributed by atoms with E-state index in [1.165, 1.54) is 18.4 Å². The number of ether oxygens (including phenoxy) is 1. The van der Waals surface area contributed by atoms with Gasteiger partial charge in [-0.25, -0.2) is 0 Å². The van der Waals surface area contributed by atoms with E-state index in [0.29, 0.717) is 11.6 Å². The fourth-order valence-electron chi connectivity index (χ4n) is 1.78. The Kier molecular flexibility index (Phi) is 3.72. The summed E-state index contributed by atoms with van der Waals surface area (Å²) in [6, 6.07) is 4.07. The summed E-state index contributed by atoms with van der Waals surface area (Å²) in [5.41, 5.74) is 7.82. The van der Waals surface area contributed by atoms with Crippen LogP contribution in [0.5, 0.6) is 5.75 Å². The van der Waals surface area contributed by atoms with Crippen molar-refractivity contribution < 1.29 is 4.74 Å². The van der Waals surface area contributed by atoms with Gasteiger partial charge in [-0.3, -0.25) is 0 Å². The van der Waals surface area contributed by atoms with Crippen LogP contribution in [0.1, 0.15) is 24.0 Å². The first-order valence-electron chi connectivity index (χ1n) is 5.82. The molecule has 3 heteroatoms. The Morgan fingerprint density at radius 2 is 2.19 bits per heavy atom. The SMILES string of the molecule is Cc1cc(CCN)cc(Cl)c1OCC1CC1. The number of halogens is 1. The molecule has 0 atom stereocenters. The summed E-state index contributed by atoms with van der Waals surface area (Å²) in [4.78, 5) is 0. The van der Waals surface area contributed by atoms with E-state index in [1.807, 2.05) is 13.0 Å². The highest BCUT2D eigenvalue weighted by atomic mass is 35.5. The Bertz CT molecular complexity index is 351. The third-order valence-corrected chi connectivity index (χ3v) is 3.16. The third kappa shape index (κ3) is 2.89. The van der Waals surface area contributed by atoms with Crippen molar-refractivity contribution in [1.29, 1.82) is 0 Å². The molecule has 16 heavy (non-hydrogen) atoms. The molecule has 88 valence electrons. The van der Waals surface area contributed by atoms with Crippen LogP contribution >= 0.6 is 11.6 Å². The lowest BCUT2D eigenvalue weighted by Gasteiger charge is -2.12. The van der Waals surface area contributed by atoms with E-state index >= 15 is 0 Å². The smallest absolute Gasteiger partial charge is 0.140 e. The van der Waals surface area contributed by atoms with Crippen molar-refractivity contribution >= 4 is 11.6 Å². The Balaban J connectivity index is 2.10. The number of rotatable bonds is 5. The molecule has 1 aliphatic carbocycles. The monoisotopic (exact) mass is 239 g/mol. The molecular formula is C13H18ClNO. The Morgan fingerprint density at radius 3 is 2.75 bits per heavy atom. The maximum Gasteiger partial charge on any atom is 0.140 e. The highest BCUT2D eigenvalue weighted by Crippen LogP contribution is 2.34. The van der Waals surface area contributed by atoms with Crippen LogP contribution in [0.4, 0.5) is 0 Å². The second kappa shape index (κ2) is 5.07. The minimum atomic E-state index is 0.651. The van der Waals surface area contributed by atoms with Crippen LogP contribution in [-0.4, -0.2) is 13.2 Å². The standard InChI is InChI=1S/C13H18ClNO/c1-9-6-11(4-5-15)7-12(14)13(9)16-8-10-2-3-10/h6-7,10H,2-5,8,15H2,1H3. The molecule has 0 amide bonds. The van der Waals surface area contributed by atoms with E-state index < -0.39 is 0 Å². The molecule has 1 aromatic rings. The summed E-state index contributed by atoms with van der Waals surface area (Å²) < 4.78 is 5.76. The second-order valence-electron chi connectivity index (χ2n) is 4.52. The van der Waals surface area contributed by atoms with E-state index in [-0.39, 0.29) is 0 Å². The van der Waals surface area contributed by atoms with Crippen LogP contribution in [0.25, 0.3) is 0 Å². The topological polar surface area (TPSA) is 35.2 Å². The molecule has 2 rings (SSSR count). The van der Waals surface area contributed by atoms with Gasteiger partial charge in [0, 0.05) is 0 Å². The zero-order valence-electron chi connectivity index (χ0n) is 9.63. The van der Waals surface area contributed by atoms with Crippen molar-refractivity contribution in [1.82, 2.24) is 0 Å². The maximum absolute atomic E-state index is 6.21. The summed E-state index contributed by atoms with van der Waals surface area (Å²) >= 11 is 6.21. The number of hydrogen-bond acceptors (Lipinski definition) is 2. The van der Waals surface area contributed by atoms with Gasteiger partial charge in [-0.2, -0.15) is 0 Å². The minimum absolute atomic E-state index is 0.651. The van der Waals surface area contributed by atoms with Crippen LogP contribution in [0.3, 0.4) is 0 Å². The maximum atomic E-state index is 6.21. The first-order chi connectivity index (χ1) is 7.70. The molecule has 1 fully saturated rings. The number of aryl methyl sites for hydroxylation is 1. The molecule has 0 saturated heterocycles. The van der Waals surface area contributed by atoms with Crippen molar-refractivity contribution in [2.45, 2.75) is 26.2 Å². The van der Waals surface area contributed by atoms with Gasteiger partial charge < -0.3 is 10.5 Å². The largest absolute Gasteiger partial charge is 0.491 e. The fraction of sp³-hybridized carbons (Fsp3) is 0.538. The van der Waals surface area contributed by atoms with Crippen LogP contribution < -0.4 is 10.5 Å². The Morgan fingerprint density at radius 1 is 1.44 bits per heavy atom. The van der Waals surface area contributed by atoms with Crippen molar-refractivity contribution in [3.05, 3.63) is 28.3 Å². The predicted octanol–water partition coefficient (Wildman–Crippen LogP) is 2.94. The van der Waals surface area contributed by atoms with Gasteiger partial charge in [0.1, 0.15) is 5.75 Å². The molecule has 2 N–H and O–H groups in total. The molecule has 0 unspecified atom stereocenters. The van der Waals surface area contributed by atoms with Crippen LogP contribution in [0.2, 0.25) is 5.02 Å². The second-order valence-corrected chi connectivity index (χ2v) is 4.92. The number of nitrogens with two attached hydrogens (primary N) is 1. The summed E-state index contributed by atoms with van der Waals surface area (Å²) in [6.45, 7) is 3.49. The van der Waals surface area contributed by atoms with Crippen molar-refractivity contribution in [2.24, 2.45) is 11.7 Å². The van der Waals surface area contributed by atoms with Gasteiger partial charge in [0.15, 0.2) is 0 Å². The van der Waals surface area contributed by atoms with Crippen LogP contribution in [0, 0.1) is 12.8 Å². The van der Waals surface area contributed by atoms with Crippen molar-refractivity contribution in [3.63, 3.8) is 0 Å². The summed E-state index contributed by atoms with van der Waals surface area (Å²) in [5, 5.41) is 0.712. The number of benzene rings is 1. The molecule has 0 aliphatic heterocycles. The van der Waals surface area contributed by atoms with E-state index in [2.05, 4.69) is 6.07 Å².